The van der Waals surface area contributed by atoms with Crippen molar-refractivity contribution in [2.45, 2.75) is 154 Å². The van der Waals surface area contributed by atoms with Gasteiger partial charge in [-0.1, -0.05) is 5.11 Å². The summed E-state index contributed by atoms with van der Waals surface area (Å²) in [7, 11) is -4.81. The predicted molar refractivity (Wildman–Crippen MR) is 231 cm³/mol. The molecule has 2 amide bonds. The third kappa shape index (κ3) is 29.6. The SMILES string of the molecule is CC(C)(C)OC(=O)N1CC[C@H](N=[N+]=[N-])C1.CC(C)(C)OC(=O)N1CC[C@H](O)C1.COC(=O)C[C@H](OC1CCCCO1)C(=O)OC.CS(=O)(=O)OCC[C@H](OC1CCCCO1)OS(C)(=O)=O. The summed E-state index contributed by atoms with van der Waals surface area (Å²) in [5.74, 6) is -1.11. The minimum atomic E-state index is -3.73. The molecule has 0 saturated carbocycles. The molecule has 6 atom stereocenters. The van der Waals surface area contributed by atoms with Gasteiger partial charge in [-0.2, -0.15) is 16.8 Å². The van der Waals surface area contributed by atoms with Gasteiger partial charge in [0.2, 0.25) is 0 Å². The van der Waals surface area contributed by atoms with E-state index in [2.05, 4.69) is 23.7 Å². The Balaban J connectivity index is 0.000000438. The number of β-amino-alcohol motifs (C(OH)–C–C–N with tert-alkyl or cyclic N) is 1. The number of hydrogen-bond acceptors (Lipinski definition) is 20. The van der Waals surface area contributed by atoms with E-state index in [0.29, 0.717) is 65.1 Å². The Labute approximate surface area is 382 Å². The normalized spacial score (nSPS) is 22.1. The highest BCUT2D eigenvalue weighted by Gasteiger charge is 2.31. The summed E-state index contributed by atoms with van der Waals surface area (Å²) in [4.78, 5) is 51.4. The first-order chi connectivity index (χ1) is 30.1. The van der Waals surface area contributed by atoms with Crippen LogP contribution in [-0.2, 0) is 76.1 Å². The average molecular weight is 978 g/mol. The minimum absolute atomic E-state index is 0.0417. The van der Waals surface area contributed by atoms with Crippen molar-refractivity contribution in [2.24, 2.45) is 5.11 Å². The van der Waals surface area contributed by atoms with Crippen molar-refractivity contribution in [3.05, 3.63) is 10.4 Å². The maximum atomic E-state index is 11.6. The Morgan fingerprint density at radius 3 is 1.71 bits per heavy atom. The van der Waals surface area contributed by atoms with Crippen molar-refractivity contribution < 1.29 is 87.4 Å². The smallest absolute Gasteiger partial charge is 0.410 e. The number of amides is 2. The molecule has 0 aromatic heterocycles. The number of methoxy groups -OCH3 is 2. The molecule has 0 aromatic rings. The molecule has 1 N–H and O–H groups in total. The van der Waals surface area contributed by atoms with Gasteiger partial charge in [-0.05, 0) is 98.4 Å². The maximum Gasteiger partial charge on any atom is 0.410 e. The van der Waals surface area contributed by atoms with Gasteiger partial charge >= 0.3 is 24.1 Å². The molecule has 4 heterocycles. The predicted octanol–water partition coefficient (Wildman–Crippen LogP) is 4.13. The Morgan fingerprint density at radius 1 is 0.769 bits per heavy atom. The van der Waals surface area contributed by atoms with Gasteiger partial charge in [0.15, 0.2) is 25.0 Å². The van der Waals surface area contributed by atoms with Crippen LogP contribution in [0.5, 0.6) is 0 Å². The lowest BCUT2D eigenvalue weighted by atomic mass is 10.2. The van der Waals surface area contributed by atoms with Crippen LogP contribution in [0.15, 0.2) is 5.11 Å². The van der Waals surface area contributed by atoms with Crippen LogP contribution in [0.3, 0.4) is 0 Å². The molecule has 0 bridgehead atoms. The molecule has 4 rings (SSSR count). The Bertz CT molecular complexity index is 1720. The molecule has 26 heteroatoms. The van der Waals surface area contributed by atoms with Crippen molar-refractivity contribution in [3.63, 3.8) is 0 Å². The van der Waals surface area contributed by atoms with Gasteiger partial charge in [-0.3, -0.25) is 8.98 Å². The molecular weight excluding hydrogens is 907 g/mol. The van der Waals surface area contributed by atoms with E-state index in [1.807, 2.05) is 41.5 Å². The highest BCUT2D eigenvalue weighted by atomic mass is 32.2. The number of ether oxygens (including phenoxy) is 8. The molecule has 0 radical (unpaired) electrons. The van der Waals surface area contributed by atoms with Gasteiger partial charge in [0.25, 0.3) is 20.2 Å². The summed E-state index contributed by atoms with van der Waals surface area (Å²) in [6.07, 6.45) is 3.98. The molecule has 2 unspecified atom stereocenters. The number of carbonyl (C=O) groups excluding carboxylic acids is 4. The molecule has 4 aliphatic heterocycles. The van der Waals surface area contributed by atoms with Gasteiger partial charge < -0.3 is 52.8 Å². The van der Waals surface area contributed by atoms with Crippen LogP contribution in [-0.4, -0.2) is 177 Å². The van der Waals surface area contributed by atoms with Crippen molar-refractivity contribution in [3.8, 4) is 0 Å². The monoisotopic (exact) mass is 977 g/mol. The molecule has 4 aliphatic rings. The van der Waals surface area contributed by atoms with Crippen LogP contribution in [0.1, 0.15) is 106 Å². The van der Waals surface area contributed by atoms with Gasteiger partial charge in [0.1, 0.15) is 11.2 Å². The lowest BCUT2D eigenvalue weighted by Crippen LogP contribution is -2.35. The summed E-state index contributed by atoms with van der Waals surface area (Å²) >= 11 is 0. The van der Waals surface area contributed by atoms with E-state index in [1.54, 1.807) is 4.90 Å². The standard InChI is InChI=1S/C11H18O6.C10H20O8S2.C9H16N4O2.C9H17NO3/c1-14-9(12)7-8(11(13)15-2)17-10-5-3-4-6-16-10;1-19(11,12)16-8-6-10(18-20(2,13)14)17-9-5-3-4-7-15-9;1-9(2,3)15-8(14)13-5-4-7(6-13)11-12-10;1-9(2,3)13-8(12)10-5-4-7(11)6-10/h8,10H,3-7H2,1-2H3;9-10H,3-8H2,1-2H3;7H,4-6H2,1-3H3;7,11H,4-6H2,1-3H3/t8-,10?;9?,10-;2*7-/m0100/s1. The lowest BCUT2D eigenvalue weighted by Gasteiger charge is -2.26. The van der Waals surface area contributed by atoms with Gasteiger partial charge in [-0.25, -0.2) is 18.6 Å². The van der Waals surface area contributed by atoms with Crippen molar-refractivity contribution in [1.29, 1.82) is 0 Å². The number of aliphatic hydroxyl groups excluding tert-OH is 1. The fourth-order valence-corrected chi connectivity index (χ4v) is 6.74. The Morgan fingerprint density at radius 2 is 1.29 bits per heavy atom. The summed E-state index contributed by atoms with van der Waals surface area (Å²) in [6.45, 7) is 13.9. The molecular formula is C39H71N5O19S2. The molecule has 0 spiro atoms. The quantitative estimate of drug-likeness (QED) is 0.0486. The molecule has 4 fully saturated rings. The van der Waals surface area contributed by atoms with Gasteiger partial charge in [0.05, 0.1) is 51.9 Å². The number of esters is 2. The third-order valence-electron chi connectivity index (χ3n) is 8.72. The number of rotatable bonds is 14. The summed E-state index contributed by atoms with van der Waals surface area (Å²) in [6, 6.07) is -0.109. The lowest BCUT2D eigenvalue weighted by molar-refractivity contribution is -0.232. The van der Waals surface area contributed by atoms with Crippen LogP contribution in [0.25, 0.3) is 10.4 Å². The second kappa shape index (κ2) is 29.2. The second-order valence-electron chi connectivity index (χ2n) is 17.1. The van der Waals surface area contributed by atoms with Crippen molar-refractivity contribution in [1.82, 2.24) is 9.80 Å². The first kappa shape index (κ1) is 59.4. The number of hydrogen-bond donors (Lipinski definition) is 1. The highest BCUT2D eigenvalue weighted by molar-refractivity contribution is 7.86. The Hall–Kier alpha value is -3.59. The van der Waals surface area contributed by atoms with Crippen LogP contribution in [0.4, 0.5) is 9.59 Å². The Kier molecular flexibility index (Phi) is 26.7. The molecule has 65 heavy (non-hydrogen) atoms. The number of carbonyl (C=O) groups is 4. The topological polar surface area (TPSA) is 304 Å². The summed E-state index contributed by atoms with van der Waals surface area (Å²) < 4.78 is 94.1. The van der Waals surface area contributed by atoms with E-state index in [-0.39, 0.29) is 43.8 Å². The van der Waals surface area contributed by atoms with E-state index < -0.39 is 68.4 Å². The second-order valence-corrected chi connectivity index (χ2v) is 20.4. The fraction of sp³-hybridized carbons (Fsp3) is 0.897. The third-order valence-corrected chi connectivity index (χ3v) is 9.88. The van der Waals surface area contributed by atoms with Crippen LogP contribution < -0.4 is 0 Å². The maximum absolute atomic E-state index is 11.6. The largest absolute Gasteiger partial charge is 0.469 e. The molecule has 378 valence electrons. The molecule has 0 aliphatic carbocycles. The fourth-order valence-electron chi connectivity index (χ4n) is 5.81. The zero-order valence-corrected chi connectivity index (χ0v) is 41.0. The summed E-state index contributed by atoms with van der Waals surface area (Å²) in [5, 5.41) is 12.8. The van der Waals surface area contributed by atoms with Gasteiger partial charge in [0, 0.05) is 50.7 Å². The first-order valence-electron chi connectivity index (χ1n) is 21.2. The highest BCUT2D eigenvalue weighted by Crippen LogP contribution is 2.21. The van der Waals surface area contributed by atoms with Gasteiger partial charge in [-0.15, -0.1) is 0 Å². The molecule has 0 aromatic carbocycles. The minimum Gasteiger partial charge on any atom is -0.469 e. The van der Waals surface area contributed by atoms with E-state index >= 15 is 0 Å². The van der Waals surface area contributed by atoms with Crippen molar-refractivity contribution >= 4 is 44.4 Å². The average Bonchev–Trinajstić information content (AvgIpc) is 3.86. The van der Waals surface area contributed by atoms with E-state index in [4.69, 9.17) is 38.1 Å². The van der Waals surface area contributed by atoms with Crippen molar-refractivity contribution in [2.75, 3.05) is 72.7 Å². The van der Waals surface area contributed by atoms with E-state index in [0.717, 1.165) is 38.2 Å². The van der Waals surface area contributed by atoms with Crippen LogP contribution in [0, 0.1) is 0 Å². The number of likely N-dealkylation sites (tertiary alicyclic amines) is 2. The molecule has 4 saturated heterocycles. The first-order valence-corrected chi connectivity index (χ1v) is 24.9. The summed E-state index contributed by atoms with van der Waals surface area (Å²) in [5.41, 5.74) is 7.33. The van der Waals surface area contributed by atoms with E-state index in [9.17, 15) is 41.1 Å². The number of nitrogens with zero attached hydrogens (tertiary/aromatic N) is 5. The zero-order valence-electron chi connectivity index (χ0n) is 39.3. The van der Waals surface area contributed by atoms with Crippen LogP contribution in [0.2, 0.25) is 0 Å². The molecule has 24 nitrogen and oxygen atoms in total. The zero-order chi connectivity index (χ0) is 49.4. The number of azide groups is 1. The van der Waals surface area contributed by atoms with E-state index in [1.165, 1.54) is 19.1 Å². The van der Waals surface area contributed by atoms with Crippen LogP contribution >= 0.6 is 0 Å². The number of aliphatic hydroxyl groups is 1.